The van der Waals surface area contributed by atoms with Crippen molar-refractivity contribution in [2.75, 3.05) is 32.1 Å². The number of thioether (sulfide) groups is 1. The molecule has 230 valence electrons. The first kappa shape index (κ1) is 31.5. The second-order valence-corrected chi connectivity index (χ2v) is 13.0. The summed E-state index contributed by atoms with van der Waals surface area (Å²) in [4.78, 5) is 74.9. The zero-order valence-corrected chi connectivity index (χ0v) is 25.1. The average molecular weight is 636 g/mol. The number of hydrogen-bond donors (Lipinski definition) is 5. The van der Waals surface area contributed by atoms with Gasteiger partial charge in [0.25, 0.3) is 11.8 Å². The molecule has 0 bridgehead atoms. The Morgan fingerprint density at radius 2 is 2.02 bits per heavy atom. The summed E-state index contributed by atoms with van der Waals surface area (Å²) < 4.78 is 0.198. The van der Waals surface area contributed by atoms with Crippen LogP contribution in [0.2, 0.25) is 0 Å². The van der Waals surface area contributed by atoms with Gasteiger partial charge in [-0.2, -0.15) is 0 Å². The van der Waals surface area contributed by atoms with Gasteiger partial charge in [-0.15, -0.1) is 23.1 Å². The highest BCUT2D eigenvalue weighted by atomic mass is 32.2. The molecule has 2 aromatic heterocycles. The molecule has 2 aliphatic heterocycles. The van der Waals surface area contributed by atoms with Gasteiger partial charge < -0.3 is 45.5 Å². The minimum Gasteiger partial charge on any atom is -0.543 e. The third-order valence-corrected chi connectivity index (χ3v) is 8.57. The number of pyridine rings is 1. The van der Waals surface area contributed by atoms with Gasteiger partial charge in [-0.3, -0.25) is 19.3 Å². The number of nitrogen functional groups attached to an aromatic ring is 1. The molecule has 0 unspecified atom stereocenters. The fourth-order valence-corrected chi connectivity index (χ4v) is 6.32. The van der Waals surface area contributed by atoms with Crippen LogP contribution < -0.4 is 21.6 Å². The number of carbonyl (C=O) groups excluding carboxylic acids is 3. The molecule has 6 N–H and O–H groups in total. The van der Waals surface area contributed by atoms with E-state index in [1.807, 2.05) is 14.1 Å². The monoisotopic (exact) mass is 635 g/mol. The van der Waals surface area contributed by atoms with Crippen molar-refractivity contribution in [2.24, 2.45) is 5.16 Å². The van der Waals surface area contributed by atoms with E-state index in [1.165, 1.54) is 43.3 Å². The zero-order valence-electron chi connectivity index (χ0n) is 23.4. The molecule has 0 aromatic carbocycles. The summed E-state index contributed by atoms with van der Waals surface area (Å²) in [5.41, 5.74) is 3.56. The summed E-state index contributed by atoms with van der Waals surface area (Å²) in [7, 11) is 3.62. The van der Waals surface area contributed by atoms with Crippen molar-refractivity contribution in [3.05, 3.63) is 50.5 Å². The molecule has 0 saturated carbocycles. The van der Waals surface area contributed by atoms with Gasteiger partial charge in [0.05, 0.1) is 31.5 Å². The maximum absolute atomic E-state index is 13.2. The Hall–Kier alpha value is -4.42. The molecule has 2 aromatic rings. The summed E-state index contributed by atoms with van der Waals surface area (Å²) in [6.07, 6.45) is 1.18. The van der Waals surface area contributed by atoms with Crippen LogP contribution in [-0.2, 0) is 30.6 Å². The van der Waals surface area contributed by atoms with E-state index in [0.717, 1.165) is 16.2 Å². The number of fused-ring (bicyclic) bond motifs is 1. The molecular formula is C25H29N7O9S2. The summed E-state index contributed by atoms with van der Waals surface area (Å²) in [5, 5.41) is 38.0. The number of rotatable bonds is 11. The minimum atomic E-state index is -1.79. The van der Waals surface area contributed by atoms with Gasteiger partial charge >= 0.3 is 5.97 Å². The van der Waals surface area contributed by atoms with Crippen LogP contribution in [0.4, 0.5) is 5.13 Å². The Labute approximate surface area is 252 Å². The number of aromatic amines is 1. The molecule has 4 heterocycles. The summed E-state index contributed by atoms with van der Waals surface area (Å²) in [5.74, 6) is -4.71. The molecule has 0 spiro atoms. The number of carboxylic acids is 2. The third-order valence-electron chi connectivity index (χ3n) is 6.56. The van der Waals surface area contributed by atoms with Gasteiger partial charge in [0, 0.05) is 29.0 Å². The average Bonchev–Trinajstić information content (AvgIpc) is 3.34. The molecule has 1 saturated heterocycles. The Bertz CT molecular complexity index is 1610. The molecule has 18 heteroatoms. The number of carboxylic acid groups (broad SMARTS) is 2. The van der Waals surface area contributed by atoms with E-state index in [4.69, 9.17) is 10.6 Å². The maximum Gasteiger partial charge on any atom is 0.350 e. The van der Waals surface area contributed by atoms with Crippen molar-refractivity contribution in [1.29, 1.82) is 0 Å². The van der Waals surface area contributed by atoms with E-state index in [-0.39, 0.29) is 39.8 Å². The second-order valence-electron chi connectivity index (χ2n) is 11.0. The predicted molar refractivity (Wildman–Crippen MR) is 152 cm³/mol. The molecule has 4 rings (SSSR count). The molecule has 0 aliphatic carbocycles. The van der Waals surface area contributed by atoms with E-state index < -0.39 is 57.7 Å². The van der Waals surface area contributed by atoms with E-state index in [1.54, 1.807) is 0 Å². The molecule has 2 amide bonds. The van der Waals surface area contributed by atoms with Gasteiger partial charge in [-0.1, -0.05) is 5.16 Å². The Kier molecular flexibility index (Phi) is 8.57. The topological polar surface area (TPSA) is 240 Å². The van der Waals surface area contributed by atoms with Gasteiger partial charge in [-0.25, -0.2) is 9.78 Å². The predicted octanol–water partition coefficient (Wildman–Crippen LogP) is -1.62. The number of nitrogens with one attached hydrogen (secondary N) is 2. The van der Waals surface area contributed by atoms with Crippen LogP contribution in [0.1, 0.15) is 25.2 Å². The summed E-state index contributed by atoms with van der Waals surface area (Å²) >= 11 is 2.24. The number of oxime groups is 1. The number of hydrogen-bond acceptors (Lipinski definition) is 13. The molecular weight excluding hydrogens is 606 g/mol. The number of anilines is 1. The number of aliphatic carboxylic acids is 2. The molecule has 2 aliphatic rings. The normalized spacial score (nSPS) is 19.0. The van der Waals surface area contributed by atoms with Crippen LogP contribution in [0.25, 0.3) is 0 Å². The van der Waals surface area contributed by atoms with E-state index in [2.05, 4.69) is 20.4 Å². The van der Waals surface area contributed by atoms with Crippen LogP contribution in [-0.4, -0.2) is 102 Å². The number of quaternary nitrogens is 1. The van der Waals surface area contributed by atoms with Crippen molar-refractivity contribution in [3.63, 3.8) is 0 Å². The lowest BCUT2D eigenvalue weighted by atomic mass is 10.0. The number of H-pyrrole nitrogens is 1. The Morgan fingerprint density at radius 3 is 2.60 bits per heavy atom. The molecule has 1 fully saturated rings. The zero-order chi connectivity index (χ0) is 31.9. The van der Waals surface area contributed by atoms with E-state index >= 15 is 0 Å². The third kappa shape index (κ3) is 6.65. The molecule has 0 radical (unpaired) electrons. The van der Waals surface area contributed by atoms with Gasteiger partial charge in [0.1, 0.15) is 30.2 Å². The molecule has 2 atom stereocenters. The fourth-order valence-electron chi connectivity index (χ4n) is 4.43. The number of carbonyl (C=O) groups is 4. The molecule has 43 heavy (non-hydrogen) atoms. The largest absolute Gasteiger partial charge is 0.543 e. The highest BCUT2D eigenvalue weighted by Gasteiger charge is 2.53. The van der Waals surface area contributed by atoms with Crippen LogP contribution in [0, 0.1) is 0 Å². The number of nitrogens with two attached hydrogens (primary N) is 1. The summed E-state index contributed by atoms with van der Waals surface area (Å²) in [6, 6.07) is 0.124. The number of amides is 2. The number of β-lactam (4-membered cyclic amide) rings is 1. The second kappa shape index (κ2) is 11.7. The van der Waals surface area contributed by atoms with E-state index in [0.29, 0.717) is 11.3 Å². The quantitative estimate of drug-likeness (QED) is 0.0810. The lowest BCUT2D eigenvalue weighted by Crippen LogP contribution is -2.71. The van der Waals surface area contributed by atoms with E-state index in [9.17, 15) is 39.3 Å². The smallest absolute Gasteiger partial charge is 0.350 e. The number of thiazole rings is 1. The van der Waals surface area contributed by atoms with Crippen molar-refractivity contribution in [3.8, 4) is 5.75 Å². The van der Waals surface area contributed by atoms with Crippen LogP contribution in [0.5, 0.6) is 5.75 Å². The first-order chi connectivity index (χ1) is 20.0. The van der Waals surface area contributed by atoms with Crippen molar-refractivity contribution in [2.45, 2.75) is 37.4 Å². The van der Waals surface area contributed by atoms with Crippen molar-refractivity contribution < 1.29 is 43.8 Å². The number of nitrogens with zero attached hydrogens (tertiary/aromatic N) is 4. The van der Waals surface area contributed by atoms with Crippen LogP contribution in [0.3, 0.4) is 0 Å². The Balaban J connectivity index is 1.53. The highest BCUT2D eigenvalue weighted by molar-refractivity contribution is 8.00. The first-order valence-corrected chi connectivity index (χ1v) is 14.6. The number of likely N-dealkylation sites (N-methyl/N-ethyl adjacent to an activating group) is 1. The van der Waals surface area contributed by atoms with Crippen LogP contribution >= 0.6 is 23.1 Å². The Morgan fingerprint density at radius 1 is 1.33 bits per heavy atom. The highest BCUT2D eigenvalue weighted by Crippen LogP contribution is 2.40. The van der Waals surface area contributed by atoms with Crippen LogP contribution in [0.15, 0.2) is 38.9 Å². The number of aromatic nitrogens is 2. The lowest BCUT2D eigenvalue weighted by molar-refractivity contribution is -0.899. The SMILES string of the molecule is CC(C)(O/N=C(\C(=O)N[C@@H]1C(=O)N2C(C(=O)[O-])=C(C[N+](C)(C)Cc3cc(=O)c(O)c[nH]3)CS[C@H]12)c1csc(N)n1)C(=O)O. The fraction of sp³-hybridized carbons (Fsp3) is 0.400. The van der Waals surface area contributed by atoms with Gasteiger partial charge in [-0.05, 0) is 13.8 Å². The maximum atomic E-state index is 13.2. The van der Waals surface area contributed by atoms with Gasteiger partial charge in [0.15, 0.2) is 16.6 Å². The summed E-state index contributed by atoms with van der Waals surface area (Å²) in [6.45, 7) is 2.92. The standard InChI is InChI=1S/C25H29N7O9S2/c1-25(2,23(39)40)41-30-16(13-10-43-24(26)28-13)19(35)29-17-20(36)31-18(22(37)38)11(9-42-21(17)31)7-32(3,4)8-12-5-14(33)15(34)6-27-12/h5-6,10,17,21H,7-9H2,1-4H3,(H6-,26,27,28,29,30,33,34,35,37,38,39,40)/t17-,21-/m1/s1. The van der Waals surface area contributed by atoms with Crippen molar-refractivity contribution in [1.82, 2.24) is 20.2 Å². The van der Waals surface area contributed by atoms with Gasteiger partial charge in [0.2, 0.25) is 11.0 Å². The van der Waals surface area contributed by atoms with Crippen molar-refractivity contribution >= 4 is 57.7 Å². The lowest BCUT2D eigenvalue weighted by Gasteiger charge is -2.51. The molecule has 16 nitrogen and oxygen atoms in total. The minimum absolute atomic E-state index is 0.00584. The number of aromatic hydroxyl groups is 1. The first-order valence-electron chi connectivity index (χ1n) is 12.6.